The standard InChI is InChI=1S/C16H21NO4/c1-9(4-15(18)19)8-17-16(20)14-7-12-5-10(2)11(3)6-13(12)21-14/h5-6,9,14H,4,7-8H2,1-3H3,(H,17,20)(H,18,19). The number of carbonyl (C=O) groups is 2. The van der Waals surface area contributed by atoms with E-state index in [0.717, 1.165) is 16.9 Å². The molecule has 0 radical (unpaired) electrons. The van der Waals surface area contributed by atoms with Crippen molar-refractivity contribution in [2.24, 2.45) is 5.92 Å². The molecule has 114 valence electrons. The molecule has 5 heteroatoms. The van der Waals surface area contributed by atoms with Crippen LogP contribution in [-0.2, 0) is 16.0 Å². The van der Waals surface area contributed by atoms with E-state index in [9.17, 15) is 9.59 Å². The Hall–Kier alpha value is -2.04. The van der Waals surface area contributed by atoms with E-state index < -0.39 is 12.1 Å². The number of rotatable bonds is 5. The normalized spacial score (nSPS) is 17.8. The smallest absolute Gasteiger partial charge is 0.303 e. The Morgan fingerprint density at radius 1 is 1.38 bits per heavy atom. The van der Waals surface area contributed by atoms with Crippen LogP contribution >= 0.6 is 0 Å². The second-order valence-electron chi connectivity index (χ2n) is 5.80. The minimum atomic E-state index is -0.854. The summed E-state index contributed by atoms with van der Waals surface area (Å²) >= 11 is 0. The Morgan fingerprint density at radius 2 is 2.05 bits per heavy atom. The van der Waals surface area contributed by atoms with Crippen LogP contribution in [0.25, 0.3) is 0 Å². The Labute approximate surface area is 124 Å². The third kappa shape index (κ3) is 3.74. The van der Waals surface area contributed by atoms with Gasteiger partial charge in [-0.2, -0.15) is 0 Å². The van der Waals surface area contributed by atoms with Crippen molar-refractivity contribution in [3.8, 4) is 5.75 Å². The van der Waals surface area contributed by atoms with Gasteiger partial charge in [0.2, 0.25) is 0 Å². The molecule has 1 amide bonds. The zero-order valence-corrected chi connectivity index (χ0v) is 12.6. The quantitative estimate of drug-likeness (QED) is 0.868. The molecule has 2 atom stereocenters. The molecule has 0 saturated carbocycles. The molecular formula is C16H21NO4. The lowest BCUT2D eigenvalue weighted by Crippen LogP contribution is -2.39. The van der Waals surface area contributed by atoms with Gasteiger partial charge in [0.1, 0.15) is 5.75 Å². The molecule has 1 aliphatic rings. The van der Waals surface area contributed by atoms with Gasteiger partial charge < -0.3 is 15.2 Å². The Balaban J connectivity index is 1.90. The van der Waals surface area contributed by atoms with Crippen LogP contribution in [0.4, 0.5) is 0 Å². The molecule has 0 aromatic heterocycles. The van der Waals surface area contributed by atoms with Crippen molar-refractivity contribution in [2.45, 2.75) is 39.7 Å². The van der Waals surface area contributed by atoms with Crippen LogP contribution in [0.15, 0.2) is 12.1 Å². The van der Waals surface area contributed by atoms with Gasteiger partial charge in [-0.15, -0.1) is 0 Å². The lowest BCUT2D eigenvalue weighted by Gasteiger charge is -2.14. The molecule has 2 unspecified atom stereocenters. The monoisotopic (exact) mass is 291 g/mol. The van der Waals surface area contributed by atoms with E-state index in [-0.39, 0.29) is 18.2 Å². The first-order valence-corrected chi connectivity index (χ1v) is 7.13. The zero-order chi connectivity index (χ0) is 15.6. The lowest BCUT2D eigenvalue weighted by atomic mass is 10.0. The highest BCUT2D eigenvalue weighted by atomic mass is 16.5. The topological polar surface area (TPSA) is 75.6 Å². The number of benzene rings is 1. The molecule has 1 aromatic carbocycles. The van der Waals surface area contributed by atoms with Gasteiger partial charge in [0, 0.05) is 19.4 Å². The summed E-state index contributed by atoms with van der Waals surface area (Å²) in [4.78, 5) is 22.7. The maximum Gasteiger partial charge on any atom is 0.303 e. The molecule has 21 heavy (non-hydrogen) atoms. The number of ether oxygens (including phenoxy) is 1. The number of hydrogen-bond acceptors (Lipinski definition) is 3. The predicted octanol–water partition coefficient (Wildman–Crippen LogP) is 1.83. The van der Waals surface area contributed by atoms with Gasteiger partial charge in [-0.3, -0.25) is 9.59 Å². The molecule has 0 bridgehead atoms. The Morgan fingerprint density at radius 3 is 2.71 bits per heavy atom. The minimum Gasteiger partial charge on any atom is -0.481 e. The molecule has 2 rings (SSSR count). The fourth-order valence-corrected chi connectivity index (χ4v) is 2.42. The molecule has 0 fully saturated rings. The molecule has 1 aromatic rings. The van der Waals surface area contributed by atoms with Gasteiger partial charge in [-0.1, -0.05) is 13.0 Å². The van der Waals surface area contributed by atoms with Crippen molar-refractivity contribution < 1.29 is 19.4 Å². The second kappa shape index (κ2) is 6.16. The number of aliphatic carboxylic acids is 1. The van der Waals surface area contributed by atoms with Gasteiger partial charge in [-0.25, -0.2) is 0 Å². The van der Waals surface area contributed by atoms with E-state index in [4.69, 9.17) is 9.84 Å². The molecule has 5 nitrogen and oxygen atoms in total. The van der Waals surface area contributed by atoms with Crippen LogP contribution in [0.2, 0.25) is 0 Å². The van der Waals surface area contributed by atoms with E-state index in [1.807, 2.05) is 19.9 Å². The van der Waals surface area contributed by atoms with Gasteiger partial charge in [0.05, 0.1) is 0 Å². The number of carboxylic acid groups (broad SMARTS) is 1. The highest BCUT2D eigenvalue weighted by molar-refractivity contribution is 5.82. The van der Waals surface area contributed by atoms with Crippen LogP contribution in [-0.4, -0.2) is 29.6 Å². The number of carbonyl (C=O) groups excluding carboxylic acids is 1. The summed E-state index contributed by atoms with van der Waals surface area (Å²) in [6.45, 7) is 6.20. The Kier molecular flexibility index (Phi) is 4.50. The van der Waals surface area contributed by atoms with Crippen LogP contribution in [0.1, 0.15) is 30.0 Å². The van der Waals surface area contributed by atoms with Crippen molar-refractivity contribution >= 4 is 11.9 Å². The predicted molar refractivity (Wildman–Crippen MR) is 78.5 cm³/mol. The summed E-state index contributed by atoms with van der Waals surface area (Å²) in [6.07, 6.45) is 0.0956. The van der Waals surface area contributed by atoms with E-state index in [1.165, 1.54) is 5.56 Å². The maximum absolute atomic E-state index is 12.1. The van der Waals surface area contributed by atoms with Gasteiger partial charge in [-0.05, 0) is 42.5 Å². The summed E-state index contributed by atoms with van der Waals surface area (Å²) in [7, 11) is 0. The van der Waals surface area contributed by atoms with Gasteiger partial charge >= 0.3 is 5.97 Å². The number of fused-ring (bicyclic) bond motifs is 1. The summed E-state index contributed by atoms with van der Waals surface area (Å²) in [5.74, 6) is -0.359. The van der Waals surface area contributed by atoms with Gasteiger partial charge in [0.15, 0.2) is 6.10 Å². The maximum atomic E-state index is 12.1. The highest BCUT2D eigenvalue weighted by Crippen LogP contribution is 2.31. The van der Waals surface area contributed by atoms with Crippen LogP contribution in [0.5, 0.6) is 5.75 Å². The van der Waals surface area contributed by atoms with Crippen molar-refractivity contribution in [3.63, 3.8) is 0 Å². The fraction of sp³-hybridized carbons (Fsp3) is 0.500. The molecule has 0 spiro atoms. The van der Waals surface area contributed by atoms with E-state index in [2.05, 4.69) is 11.4 Å². The van der Waals surface area contributed by atoms with Crippen molar-refractivity contribution in [3.05, 3.63) is 28.8 Å². The second-order valence-corrected chi connectivity index (χ2v) is 5.80. The third-order valence-electron chi connectivity index (χ3n) is 3.79. The molecule has 1 aliphatic heterocycles. The van der Waals surface area contributed by atoms with E-state index in [1.54, 1.807) is 6.92 Å². The van der Waals surface area contributed by atoms with Crippen LogP contribution in [0.3, 0.4) is 0 Å². The van der Waals surface area contributed by atoms with Crippen LogP contribution in [0, 0.1) is 19.8 Å². The number of carboxylic acids is 1. The van der Waals surface area contributed by atoms with Crippen molar-refractivity contribution in [1.82, 2.24) is 5.32 Å². The van der Waals surface area contributed by atoms with E-state index in [0.29, 0.717) is 13.0 Å². The number of aryl methyl sites for hydroxylation is 2. The average molecular weight is 291 g/mol. The number of nitrogens with one attached hydrogen (secondary N) is 1. The SMILES string of the molecule is Cc1cc2c(cc1C)OC(C(=O)NCC(C)CC(=O)O)C2. The van der Waals surface area contributed by atoms with E-state index >= 15 is 0 Å². The average Bonchev–Trinajstić information content (AvgIpc) is 2.78. The molecule has 2 N–H and O–H groups in total. The first-order chi connectivity index (χ1) is 9.86. The molecule has 0 saturated heterocycles. The number of amides is 1. The first-order valence-electron chi connectivity index (χ1n) is 7.13. The molecule has 0 aliphatic carbocycles. The zero-order valence-electron chi connectivity index (χ0n) is 12.6. The summed E-state index contributed by atoms with van der Waals surface area (Å²) in [5.41, 5.74) is 3.38. The summed E-state index contributed by atoms with van der Waals surface area (Å²) in [5, 5.41) is 11.5. The van der Waals surface area contributed by atoms with Crippen LogP contribution < -0.4 is 10.1 Å². The Bertz CT molecular complexity index is 537. The van der Waals surface area contributed by atoms with Gasteiger partial charge in [0.25, 0.3) is 5.91 Å². The summed E-state index contributed by atoms with van der Waals surface area (Å²) in [6, 6.07) is 4.02. The third-order valence-corrected chi connectivity index (χ3v) is 3.79. The molecular weight excluding hydrogens is 270 g/mol. The largest absolute Gasteiger partial charge is 0.481 e. The number of hydrogen-bond donors (Lipinski definition) is 2. The fourth-order valence-electron chi connectivity index (χ4n) is 2.42. The lowest BCUT2D eigenvalue weighted by molar-refractivity contribution is -0.138. The minimum absolute atomic E-state index is 0.0461. The highest BCUT2D eigenvalue weighted by Gasteiger charge is 2.29. The molecule has 1 heterocycles. The van der Waals surface area contributed by atoms with Crippen molar-refractivity contribution in [2.75, 3.05) is 6.54 Å². The summed E-state index contributed by atoms with van der Waals surface area (Å²) < 4.78 is 5.69. The first kappa shape index (κ1) is 15.4. The van der Waals surface area contributed by atoms with Crippen molar-refractivity contribution in [1.29, 1.82) is 0 Å².